The van der Waals surface area contributed by atoms with E-state index in [9.17, 15) is 37.5 Å². The third kappa shape index (κ3) is 3.98. The molecule has 194 valence electrons. The van der Waals surface area contributed by atoms with Gasteiger partial charge < -0.3 is 9.84 Å². The molecule has 4 aliphatic rings. The van der Waals surface area contributed by atoms with Crippen molar-refractivity contribution in [3.05, 3.63) is 58.2 Å². The highest BCUT2D eigenvalue weighted by Gasteiger charge is 2.56. The first-order valence-electron chi connectivity index (χ1n) is 12.1. The fourth-order valence-corrected chi connectivity index (χ4v) is 6.19. The quantitative estimate of drug-likeness (QED) is 0.368. The second-order valence-corrected chi connectivity index (χ2v) is 9.83. The van der Waals surface area contributed by atoms with Gasteiger partial charge in [-0.2, -0.15) is 0 Å². The van der Waals surface area contributed by atoms with Crippen molar-refractivity contribution in [2.75, 3.05) is 6.54 Å². The molecule has 0 unspecified atom stereocenters. The van der Waals surface area contributed by atoms with Gasteiger partial charge >= 0.3 is 6.36 Å². The van der Waals surface area contributed by atoms with E-state index in [-0.39, 0.29) is 59.2 Å². The summed E-state index contributed by atoms with van der Waals surface area (Å²) in [5, 5.41) is 10.8. The first-order valence-corrected chi connectivity index (χ1v) is 12.1. The maximum atomic E-state index is 13.4. The molecule has 0 bridgehead atoms. The van der Waals surface area contributed by atoms with Crippen molar-refractivity contribution < 1.29 is 42.2 Å². The Bertz CT molecular complexity index is 1340. The number of ether oxygens (including phenoxy) is 1. The van der Waals surface area contributed by atoms with E-state index in [0.717, 1.165) is 18.2 Å². The molecule has 1 heterocycles. The van der Waals surface area contributed by atoms with Crippen LogP contribution in [0.15, 0.2) is 52.6 Å². The zero-order chi connectivity index (χ0) is 26.8. The van der Waals surface area contributed by atoms with Gasteiger partial charge in [-0.05, 0) is 56.4 Å². The van der Waals surface area contributed by atoms with Gasteiger partial charge in [0, 0.05) is 34.7 Å². The molecule has 1 aliphatic heterocycles. The van der Waals surface area contributed by atoms with E-state index in [2.05, 4.69) is 4.74 Å². The molecule has 1 fully saturated rings. The number of halogens is 3. The molecule has 4 atom stereocenters. The molecule has 0 radical (unpaired) electrons. The average molecular weight is 515 g/mol. The molecule has 5 rings (SSSR count). The van der Waals surface area contributed by atoms with Crippen LogP contribution in [-0.4, -0.2) is 46.3 Å². The van der Waals surface area contributed by atoms with Crippen LogP contribution in [0, 0.1) is 17.8 Å². The lowest BCUT2D eigenvalue weighted by atomic mass is 9.59. The van der Waals surface area contributed by atoms with Crippen molar-refractivity contribution in [1.29, 1.82) is 0 Å². The number of amides is 2. The lowest BCUT2D eigenvalue weighted by Crippen LogP contribution is -2.40. The van der Waals surface area contributed by atoms with Gasteiger partial charge in [-0.3, -0.25) is 24.1 Å². The summed E-state index contributed by atoms with van der Waals surface area (Å²) >= 11 is 0. The number of fused-ring (bicyclic) bond motifs is 3. The van der Waals surface area contributed by atoms with E-state index in [1.54, 1.807) is 6.08 Å². The molecule has 1 N–H and O–H groups in total. The van der Waals surface area contributed by atoms with Crippen molar-refractivity contribution in [2.24, 2.45) is 17.8 Å². The van der Waals surface area contributed by atoms with Gasteiger partial charge in [-0.15, -0.1) is 13.2 Å². The number of likely N-dealkylation sites (tertiary alicyclic amines) is 1. The number of aromatic hydroxyl groups is 1. The maximum absolute atomic E-state index is 13.4. The SMILES string of the molecule is CCCN1C(=O)[C@H]2[C@H](CC=C3[C@H](c4cc(OC(F)(F)F)ccc4O)C4=C(C[C@H]32)C(=O)C=C(C)C4=O)C1=O. The number of nitrogens with zero attached hydrogens (tertiary/aromatic N) is 1. The largest absolute Gasteiger partial charge is 0.573 e. The number of carbonyl (C=O) groups excluding carboxylic acids is 4. The summed E-state index contributed by atoms with van der Waals surface area (Å²) in [4.78, 5) is 54.0. The van der Waals surface area contributed by atoms with Crippen LogP contribution in [0.25, 0.3) is 0 Å². The standard InChI is InChI=1S/C27H24F3NO6/c1-3-8-31-25(35)15-6-5-14-16(22(15)26(31)36)11-18-20(33)9-12(2)24(34)23(18)21(14)17-10-13(4-7-19(17)32)37-27(28,29)30/h4-5,7,9-10,15-16,21-22,32H,3,6,8,11H2,1-2H3/t15-,16+,21+,22-/m0/s1. The van der Waals surface area contributed by atoms with Crippen molar-refractivity contribution in [3.63, 3.8) is 0 Å². The Kier molecular flexibility index (Phi) is 5.88. The Morgan fingerprint density at radius 1 is 1.11 bits per heavy atom. The summed E-state index contributed by atoms with van der Waals surface area (Å²) in [7, 11) is 0. The number of carbonyl (C=O) groups is 4. The summed E-state index contributed by atoms with van der Waals surface area (Å²) in [6, 6.07) is 3.00. The number of Topliss-reactive ketones (excluding diaryl/α,β-unsaturated/α-hetero) is 1. The third-order valence-electron chi connectivity index (χ3n) is 7.65. The van der Waals surface area contributed by atoms with Crippen LogP contribution in [0.5, 0.6) is 11.5 Å². The zero-order valence-electron chi connectivity index (χ0n) is 20.1. The number of hydrogen-bond acceptors (Lipinski definition) is 6. The molecular weight excluding hydrogens is 491 g/mol. The Hall–Kier alpha value is -3.69. The van der Waals surface area contributed by atoms with E-state index in [1.165, 1.54) is 17.9 Å². The molecule has 1 saturated heterocycles. The molecular formula is C27H24F3NO6. The summed E-state index contributed by atoms with van der Waals surface area (Å²) in [5.74, 6) is -5.58. The molecule has 0 spiro atoms. The summed E-state index contributed by atoms with van der Waals surface area (Å²) in [6.07, 6.45) is -1.20. The number of phenols is 1. The summed E-state index contributed by atoms with van der Waals surface area (Å²) in [6.45, 7) is 3.59. The number of phenolic OH excluding ortho intramolecular Hbond substituents is 1. The van der Waals surface area contributed by atoms with Gasteiger partial charge in [-0.25, -0.2) is 0 Å². The molecule has 10 heteroatoms. The van der Waals surface area contributed by atoms with Crippen LogP contribution in [0.1, 0.15) is 44.6 Å². The third-order valence-corrected chi connectivity index (χ3v) is 7.65. The Labute approximate surface area is 210 Å². The predicted molar refractivity (Wildman–Crippen MR) is 123 cm³/mol. The molecule has 1 aromatic carbocycles. The number of allylic oxidation sites excluding steroid dienone is 6. The van der Waals surface area contributed by atoms with Crippen LogP contribution in [-0.2, 0) is 19.2 Å². The molecule has 1 aromatic rings. The van der Waals surface area contributed by atoms with Crippen molar-refractivity contribution >= 4 is 23.4 Å². The lowest BCUT2D eigenvalue weighted by molar-refractivity contribution is -0.274. The van der Waals surface area contributed by atoms with Gasteiger partial charge in [0.1, 0.15) is 11.5 Å². The van der Waals surface area contributed by atoms with Crippen molar-refractivity contribution in [2.45, 2.75) is 45.4 Å². The van der Waals surface area contributed by atoms with Crippen LogP contribution >= 0.6 is 0 Å². The highest BCUT2D eigenvalue weighted by molar-refractivity contribution is 6.24. The smallest absolute Gasteiger partial charge is 0.508 e. The second kappa shape index (κ2) is 8.71. The number of hydrogen-bond donors (Lipinski definition) is 1. The van der Waals surface area contributed by atoms with Gasteiger partial charge in [-0.1, -0.05) is 18.6 Å². The van der Waals surface area contributed by atoms with Gasteiger partial charge in [0.05, 0.1) is 11.8 Å². The summed E-state index contributed by atoms with van der Waals surface area (Å²) < 4.78 is 42.9. The highest BCUT2D eigenvalue weighted by Crippen LogP contribution is 2.56. The van der Waals surface area contributed by atoms with Crippen LogP contribution in [0.2, 0.25) is 0 Å². The minimum atomic E-state index is -4.99. The van der Waals surface area contributed by atoms with Crippen molar-refractivity contribution in [3.8, 4) is 11.5 Å². The second-order valence-electron chi connectivity index (χ2n) is 9.83. The number of imide groups is 1. The zero-order valence-corrected chi connectivity index (χ0v) is 20.1. The number of alkyl halides is 3. The Balaban J connectivity index is 1.68. The van der Waals surface area contributed by atoms with E-state index in [0.29, 0.717) is 12.0 Å². The molecule has 7 nitrogen and oxygen atoms in total. The fourth-order valence-electron chi connectivity index (χ4n) is 6.19. The molecule has 0 aromatic heterocycles. The molecule has 0 saturated carbocycles. The molecule has 2 amide bonds. The Morgan fingerprint density at radius 2 is 1.84 bits per heavy atom. The van der Waals surface area contributed by atoms with Gasteiger partial charge in [0.15, 0.2) is 11.6 Å². The fraction of sp³-hybridized carbons (Fsp3) is 0.407. The van der Waals surface area contributed by atoms with Crippen LogP contribution in [0.3, 0.4) is 0 Å². The van der Waals surface area contributed by atoms with Crippen molar-refractivity contribution in [1.82, 2.24) is 4.90 Å². The molecule has 37 heavy (non-hydrogen) atoms. The highest BCUT2D eigenvalue weighted by atomic mass is 19.4. The van der Waals surface area contributed by atoms with Gasteiger partial charge in [0.2, 0.25) is 11.8 Å². The van der Waals surface area contributed by atoms with E-state index >= 15 is 0 Å². The molecule has 3 aliphatic carbocycles. The number of ketones is 2. The Morgan fingerprint density at radius 3 is 2.51 bits per heavy atom. The minimum absolute atomic E-state index is 0.0401. The predicted octanol–water partition coefficient (Wildman–Crippen LogP) is 4.13. The lowest BCUT2D eigenvalue weighted by Gasteiger charge is -2.42. The van der Waals surface area contributed by atoms with E-state index < -0.39 is 47.3 Å². The average Bonchev–Trinajstić information content (AvgIpc) is 3.07. The normalized spacial score (nSPS) is 27.5. The first-order chi connectivity index (χ1) is 17.4. The topological polar surface area (TPSA) is 101 Å². The van der Waals surface area contributed by atoms with Crippen LogP contribution in [0.4, 0.5) is 13.2 Å². The number of benzene rings is 1. The first kappa shape index (κ1) is 25.0. The van der Waals surface area contributed by atoms with Gasteiger partial charge in [0.25, 0.3) is 0 Å². The summed E-state index contributed by atoms with van der Waals surface area (Å²) in [5.41, 5.74) is 0.896. The minimum Gasteiger partial charge on any atom is -0.508 e. The maximum Gasteiger partial charge on any atom is 0.573 e. The van der Waals surface area contributed by atoms with Crippen LogP contribution < -0.4 is 4.74 Å². The van der Waals surface area contributed by atoms with E-state index in [4.69, 9.17) is 0 Å². The monoisotopic (exact) mass is 515 g/mol. The van der Waals surface area contributed by atoms with E-state index in [1.807, 2.05) is 6.92 Å². The number of rotatable bonds is 4.